The Balaban J connectivity index is 1.48. The molecule has 0 N–H and O–H groups in total. The van der Waals surface area contributed by atoms with E-state index in [0.29, 0.717) is 12.0 Å². The van der Waals surface area contributed by atoms with Gasteiger partial charge in [-0.15, -0.1) is 0 Å². The Kier molecular flexibility index (Phi) is 4.38. The summed E-state index contributed by atoms with van der Waals surface area (Å²) in [6.07, 6.45) is 3.69. The van der Waals surface area contributed by atoms with E-state index >= 15 is 0 Å². The van der Waals surface area contributed by atoms with E-state index in [1.54, 1.807) is 29.4 Å². The van der Waals surface area contributed by atoms with Gasteiger partial charge in [-0.2, -0.15) is 0 Å². The zero-order valence-electron chi connectivity index (χ0n) is 15.0. The number of nitrogens with zero attached hydrogens (tertiary/aromatic N) is 3. The highest BCUT2D eigenvalue weighted by molar-refractivity contribution is 7.93. The van der Waals surface area contributed by atoms with Gasteiger partial charge in [-0.05, 0) is 31.5 Å². The minimum atomic E-state index is -3.27. The number of amides is 1. The first-order valence-electron chi connectivity index (χ1n) is 8.89. The number of hydrogen-bond acceptors (Lipinski definition) is 6. The lowest BCUT2D eigenvalue weighted by Gasteiger charge is -2.49. The highest BCUT2D eigenvalue weighted by Gasteiger charge is 2.62. The van der Waals surface area contributed by atoms with Gasteiger partial charge in [-0.25, -0.2) is 18.4 Å². The number of aromatic nitrogens is 2. The van der Waals surface area contributed by atoms with Crippen LogP contribution in [-0.4, -0.2) is 59.4 Å². The highest BCUT2D eigenvalue weighted by Crippen LogP contribution is 2.45. The molecular weight excluding hydrogens is 366 g/mol. The van der Waals surface area contributed by atoms with Gasteiger partial charge in [-0.1, -0.05) is 17.7 Å². The second-order valence-electron chi connectivity index (χ2n) is 7.24. The molecule has 0 radical (unpaired) electrons. The molecule has 1 aromatic carbocycles. The summed E-state index contributed by atoms with van der Waals surface area (Å²) in [5, 5.41) is 0. The molecule has 4 rings (SSSR count). The van der Waals surface area contributed by atoms with Crippen molar-refractivity contribution in [2.75, 3.05) is 25.4 Å². The third kappa shape index (κ3) is 3.07. The molecule has 0 aliphatic carbocycles. The number of sulfone groups is 1. The normalized spacial score (nSPS) is 22.4. The van der Waals surface area contributed by atoms with Crippen molar-refractivity contribution in [1.29, 1.82) is 0 Å². The van der Waals surface area contributed by atoms with Crippen molar-refractivity contribution in [1.82, 2.24) is 14.9 Å². The summed E-state index contributed by atoms with van der Waals surface area (Å²) in [6.45, 7) is 2.59. The number of benzene rings is 1. The summed E-state index contributed by atoms with van der Waals surface area (Å²) >= 11 is 0. The maximum atomic E-state index is 12.7. The summed E-state index contributed by atoms with van der Waals surface area (Å²) in [6, 6.07) is 9.27. The van der Waals surface area contributed by atoms with Crippen molar-refractivity contribution in [2.45, 2.75) is 18.1 Å². The molecule has 3 heterocycles. The summed E-state index contributed by atoms with van der Waals surface area (Å²) < 4.78 is 30.1. The van der Waals surface area contributed by atoms with Crippen LogP contribution in [0.2, 0.25) is 0 Å². The first-order chi connectivity index (χ1) is 12.9. The van der Waals surface area contributed by atoms with Crippen molar-refractivity contribution >= 4 is 15.7 Å². The number of carbonyl (C=O) groups is 1. The molecule has 2 fully saturated rings. The Hall–Kier alpha value is -2.48. The topological polar surface area (TPSA) is 89.5 Å². The Morgan fingerprint density at radius 3 is 2.70 bits per heavy atom. The molecule has 2 saturated heterocycles. The second-order valence-corrected chi connectivity index (χ2v) is 9.69. The molecule has 142 valence electrons. The molecule has 1 atom stereocenters. The van der Waals surface area contributed by atoms with E-state index in [4.69, 9.17) is 4.74 Å². The predicted octanol–water partition coefficient (Wildman–Crippen LogP) is 1.49. The molecule has 0 bridgehead atoms. The average Bonchev–Trinajstić information content (AvgIpc) is 2.89. The molecule has 7 nitrogen and oxygen atoms in total. The lowest BCUT2D eigenvalue weighted by molar-refractivity contribution is 0.0403. The monoisotopic (exact) mass is 387 g/mol. The maximum absolute atomic E-state index is 12.7. The third-order valence-corrected chi connectivity index (χ3v) is 8.13. The van der Waals surface area contributed by atoms with Gasteiger partial charge in [0, 0.05) is 37.0 Å². The van der Waals surface area contributed by atoms with Gasteiger partial charge in [0.15, 0.2) is 9.84 Å². The number of aryl methyl sites for hydroxylation is 1. The van der Waals surface area contributed by atoms with Crippen LogP contribution in [0.25, 0.3) is 0 Å². The maximum Gasteiger partial charge on any atom is 0.316 e. The van der Waals surface area contributed by atoms with Crippen LogP contribution in [0.15, 0.2) is 42.7 Å². The Bertz CT molecular complexity index is 956. The van der Waals surface area contributed by atoms with Crippen LogP contribution in [-0.2, 0) is 9.84 Å². The van der Waals surface area contributed by atoms with Crippen LogP contribution >= 0.6 is 0 Å². The molecule has 1 aromatic heterocycles. The summed E-state index contributed by atoms with van der Waals surface area (Å²) in [5.41, 5.74) is 1.59. The molecule has 1 unspecified atom stereocenters. The highest BCUT2D eigenvalue weighted by atomic mass is 32.2. The van der Waals surface area contributed by atoms with Crippen LogP contribution in [0.1, 0.15) is 22.3 Å². The van der Waals surface area contributed by atoms with Gasteiger partial charge in [0.25, 0.3) is 5.91 Å². The fraction of sp³-hybridized carbons (Fsp3) is 0.421. The molecule has 2 aromatic rings. The van der Waals surface area contributed by atoms with Gasteiger partial charge in [-0.3, -0.25) is 4.79 Å². The van der Waals surface area contributed by atoms with Crippen LogP contribution in [0, 0.1) is 12.8 Å². The third-order valence-electron chi connectivity index (χ3n) is 5.52. The smallest absolute Gasteiger partial charge is 0.316 e. The molecule has 2 aliphatic rings. The fourth-order valence-electron chi connectivity index (χ4n) is 3.95. The second kappa shape index (κ2) is 6.60. The molecule has 1 spiro atoms. The molecule has 0 saturated carbocycles. The molecular formula is C19H21N3O4S. The first-order valence-corrected chi connectivity index (χ1v) is 10.5. The van der Waals surface area contributed by atoms with E-state index in [1.807, 2.05) is 25.1 Å². The van der Waals surface area contributed by atoms with E-state index in [2.05, 4.69) is 9.97 Å². The summed E-state index contributed by atoms with van der Waals surface area (Å²) in [4.78, 5) is 22.3. The van der Waals surface area contributed by atoms with Crippen LogP contribution in [0.4, 0.5) is 0 Å². The van der Waals surface area contributed by atoms with Gasteiger partial charge in [0.1, 0.15) is 4.75 Å². The van der Waals surface area contributed by atoms with Crippen molar-refractivity contribution in [3.05, 3.63) is 53.9 Å². The molecule has 8 heteroatoms. The van der Waals surface area contributed by atoms with Crippen LogP contribution < -0.4 is 4.74 Å². The number of ether oxygens (including phenoxy) is 1. The zero-order chi connectivity index (χ0) is 19.1. The van der Waals surface area contributed by atoms with E-state index in [-0.39, 0.29) is 43.3 Å². The van der Waals surface area contributed by atoms with Crippen LogP contribution in [0.5, 0.6) is 6.01 Å². The Morgan fingerprint density at radius 1 is 1.26 bits per heavy atom. The number of likely N-dealkylation sites (tertiary alicyclic amines) is 1. The van der Waals surface area contributed by atoms with E-state index < -0.39 is 14.6 Å². The lowest BCUT2D eigenvalue weighted by Crippen LogP contribution is -2.68. The SMILES string of the molecule is Cc1cccc(C(=O)N2CC3(C2)C(COc2ncccn2)CCS3(=O)=O)c1. The van der Waals surface area contributed by atoms with E-state index in [0.717, 1.165) is 5.56 Å². The van der Waals surface area contributed by atoms with Crippen molar-refractivity contribution in [3.8, 4) is 6.01 Å². The number of hydrogen-bond donors (Lipinski definition) is 0. The lowest BCUT2D eigenvalue weighted by atomic mass is 9.83. The van der Waals surface area contributed by atoms with Gasteiger partial charge >= 0.3 is 6.01 Å². The predicted molar refractivity (Wildman–Crippen MR) is 99.2 cm³/mol. The quantitative estimate of drug-likeness (QED) is 0.790. The van der Waals surface area contributed by atoms with Gasteiger partial charge < -0.3 is 9.64 Å². The summed E-state index contributed by atoms with van der Waals surface area (Å²) in [5.74, 6) is -0.172. The minimum Gasteiger partial charge on any atom is -0.463 e. The largest absolute Gasteiger partial charge is 0.463 e. The average molecular weight is 387 g/mol. The van der Waals surface area contributed by atoms with Crippen molar-refractivity contribution < 1.29 is 17.9 Å². The van der Waals surface area contributed by atoms with Crippen molar-refractivity contribution in [2.24, 2.45) is 5.92 Å². The first kappa shape index (κ1) is 17.9. The minimum absolute atomic E-state index is 0.127. The Morgan fingerprint density at radius 2 is 2.00 bits per heavy atom. The Labute approximate surface area is 158 Å². The van der Waals surface area contributed by atoms with Gasteiger partial charge in [0.05, 0.1) is 12.4 Å². The fourth-order valence-corrected chi connectivity index (χ4v) is 6.35. The van der Waals surface area contributed by atoms with Gasteiger partial charge in [0.2, 0.25) is 0 Å². The van der Waals surface area contributed by atoms with Crippen LogP contribution in [0.3, 0.4) is 0 Å². The van der Waals surface area contributed by atoms with E-state index in [1.165, 1.54) is 0 Å². The summed E-state index contributed by atoms with van der Waals surface area (Å²) in [7, 11) is -3.27. The van der Waals surface area contributed by atoms with E-state index in [9.17, 15) is 13.2 Å². The molecule has 1 amide bonds. The number of rotatable bonds is 4. The standard InChI is InChI=1S/C19H21N3O4S/c1-14-4-2-5-15(10-14)17(23)22-12-19(13-22)16(6-9-27(19,24)25)11-26-18-20-7-3-8-21-18/h2-5,7-8,10,16H,6,9,11-13H2,1H3. The molecule has 2 aliphatic heterocycles. The zero-order valence-corrected chi connectivity index (χ0v) is 15.9. The molecule has 27 heavy (non-hydrogen) atoms. The van der Waals surface area contributed by atoms with Crippen molar-refractivity contribution in [3.63, 3.8) is 0 Å². The number of carbonyl (C=O) groups excluding carboxylic acids is 1.